The van der Waals surface area contributed by atoms with Crippen LogP contribution in [0.3, 0.4) is 0 Å². The Hall–Kier alpha value is -2.81. The molecule has 0 radical (unpaired) electrons. The smallest absolute Gasteiger partial charge is 0.325 e. The molecule has 0 saturated carbocycles. The van der Waals surface area contributed by atoms with Crippen molar-refractivity contribution in [1.82, 2.24) is 10.2 Å². The third-order valence-corrected chi connectivity index (χ3v) is 4.72. The van der Waals surface area contributed by atoms with Gasteiger partial charge in [-0.1, -0.05) is 0 Å². The number of urea groups is 1. The molecule has 0 aromatic heterocycles. The first kappa shape index (κ1) is 16.6. The normalized spacial score (nSPS) is 20.8. The second-order valence-corrected chi connectivity index (χ2v) is 6.42. The number of amides is 4. The molecule has 9 nitrogen and oxygen atoms in total. The summed E-state index contributed by atoms with van der Waals surface area (Å²) >= 11 is 0. The second-order valence-electron chi connectivity index (χ2n) is 6.42. The number of anilines is 1. The molecule has 4 amide bonds. The summed E-state index contributed by atoms with van der Waals surface area (Å²) in [5.74, 6) is 0.326. The van der Waals surface area contributed by atoms with E-state index >= 15 is 0 Å². The number of carbonyl (C=O) groups excluding carboxylic acids is 3. The highest BCUT2D eigenvalue weighted by molar-refractivity contribution is 6.10. The number of nitrogens with one attached hydrogen (secondary N) is 2. The minimum atomic E-state index is -0.938. The number of nitrogens with zero attached hydrogens (tertiary/aromatic N) is 1. The van der Waals surface area contributed by atoms with Crippen molar-refractivity contribution in [2.24, 2.45) is 0 Å². The predicted molar refractivity (Wildman–Crippen MR) is 89.1 cm³/mol. The molecule has 2 fully saturated rings. The third kappa shape index (κ3) is 2.94. The number of carbonyl (C=O) groups is 3. The molecular weight excluding hydrogens is 342 g/mol. The molecule has 0 atom stereocenters. The first-order chi connectivity index (χ1) is 12.6. The summed E-state index contributed by atoms with van der Waals surface area (Å²) in [4.78, 5) is 38.1. The first-order valence-corrected chi connectivity index (χ1v) is 8.49. The molecule has 3 heterocycles. The highest BCUT2D eigenvalue weighted by atomic mass is 16.6. The van der Waals surface area contributed by atoms with Crippen LogP contribution in [0.15, 0.2) is 18.2 Å². The van der Waals surface area contributed by atoms with Crippen LogP contribution in [0, 0.1) is 0 Å². The van der Waals surface area contributed by atoms with Crippen molar-refractivity contribution >= 4 is 23.5 Å². The van der Waals surface area contributed by atoms with Crippen molar-refractivity contribution < 1.29 is 28.6 Å². The van der Waals surface area contributed by atoms with Gasteiger partial charge in [-0.05, 0) is 12.1 Å². The van der Waals surface area contributed by atoms with E-state index in [1.807, 2.05) is 0 Å². The second kappa shape index (κ2) is 6.49. The van der Waals surface area contributed by atoms with Gasteiger partial charge in [0.2, 0.25) is 5.91 Å². The topological polar surface area (TPSA) is 106 Å². The molecule has 0 unspecified atom stereocenters. The largest absolute Gasteiger partial charge is 0.486 e. The molecule has 0 aliphatic carbocycles. The molecular formula is C17H19N3O6. The molecule has 4 rings (SSSR count). The van der Waals surface area contributed by atoms with E-state index in [2.05, 4.69) is 10.6 Å². The zero-order chi connectivity index (χ0) is 18.1. The summed E-state index contributed by atoms with van der Waals surface area (Å²) in [6, 6.07) is 4.49. The number of hydrogen-bond donors (Lipinski definition) is 2. The minimum absolute atomic E-state index is 0.346. The fourth-order valence-electron chi connectivity index (χ4n) is 3.34. The van der Waals surface area contributed by atoms with Crippen LogP contribution in [0.25, 0.3) is 0 Å². The number of ether oxygens (including phenoxy) is 3. The summed E-state index contributed by atoms with van der Waals surface area (Å²) in [6.07, 6.45) is 0.829. The van der Waals surface area contributed by atoms with Gasteiger partial charge in [0.05, 0.1) is 0 Å². The first-order valence-electron chi connectivity index (χ1n) is 8.49. The van der Waals surface area contributed by atoms with Gasteiger partial charge in [0, 0.05) is 37.8 Å². The number of hydrogen-bond acceptors (Lipinski definition) is 6. The van der Waals surface area contributed by atoms with E-state index < -0.39 is 17.5 Å². The maximum atomic E-state index is 12.6. The monoisotopic (exact) mass is 361 g/mol. The quantitative estimate of drug-likeness (QED) is 0.760. The van der Waals surface area contributed by atoms with Gasteiger partial charge >= 0.3 is 6.03 Å². The van der Waals surface area contributed by atoms with E-state index in [9.17, 15) is 14.4 Å². The lowest BCUT2D eigenvalue weighted by molar-refractivity contribution is -0.136. The van der Waals surface area contributed by atoms with Gasteiger partial charge in [0.25, 0.3) is 5.91 Å². The van der Waals surface area contributed by atoms with E-state index in [1.54, 1.807) is 18.2 Å². The van der Waals surface area contributed by atoms with Crippen LogP contribution in [-0.4, -0.2) is 61.3 Å². The molecule has 2 saturated heterocycles. The summed E-state index contributed by atoms with van der Waals surface area (Å²) in [5.41, 5.74) is -0.431. The fraction of sp³-hybridized carbons (Fsp3) is 0.471. The maximum absolute atomic E-state index is 12.6. The van der Waals surface area contributed by atoms with Gasteiger partial charge in [0.1, 0.15) is 25.3 Å². The average Bonchev–Trinajstić information content (AvgIpc) is 2.86. The number of fused-ring (bicyclic) bond motifs is 1. The van der Waals surface area contributed by atoms with Crippen molar-refractivity contribution in [3.05, 3.63) is 18.2 Å². The van der Waals surface area contributed by atoms with Crippen LogP contribution in [0.2, 0.25) is 0 Å². The summed E-state index contributed by atoms with van der Waals surface area (Å²) in [7, 11) is 0. The Balaban J connectivity index is 1.42. The van der Waals surface area contributed by atoms with Crippen molar-refractivity contribution in [3.8, 4) is 11.5 Å². The number of imide groups is 1. The van der Waals surface area contributed by atoms with Crippen LogP contribution in [-0.2, 0) is 14.3 Å². The highest BCUT2D eigenvalue weighted by Gasteiger charge is 2.52. The molecule has 9 heteroatoms. The summed E-state index contributed by atoms with van der Waals surface area (Å²) in [5, 5.41) is 5.40. The van der Waals surface area contributed by atoms with Gasteiger partial charge in [-0.3, -0.25) is 14.5 Å². The van der Waals surface area contributed by atoms with Gasteiger partial charge in [0.15, 0.2) is 11.5 Å². The molecule has 1 aromatic rings. The van der Waals surface area contributed by atoms with Crippen LogP contribution < -0.4 is 20.1 Å². The minimum Gasteiger partial charge on any atom is -0.486 e. The van der Waals surface area contributed by atoms with Gasteiger partial charge in [-0.15, -0.1) is 0 Å². The lowest BCUT2D eigenvalue weighted by Crippen LogP contribution is -2.51. The molecule has 138 valence electrons. The molecule has 0 bridgehead atoms. The highest BCUT2D eigenvalue weighted by Crippen LogP contribution is 2.33. The van der Waals surface area contributed by atoms with Crippen LogP contribution in [0.4, 0.5) is 10.5 Å². The van der Waals surface area contributed by atoms with Crippen molar-refractivity contribution in [3.63, 3.8) is 0 Å². The van der Waals surface area contributed by atoms with E-state index in [0.717, 1.165) is 4.90 Å². The van der Waals surface area contributed by atoms with E-state index in [1.165, 1.54) is 0 Å². The Morgan fingerprint density at radius 3 is 2.62 bits per heavy atom. The van der Waals surface area contributed by atoms with Gasteiger partial charge in [-0.25, -0.2) is 4.79 Å². The summed E-state index contributed by atoms with van der Waals surface area (Å²) < 4.78 is 16.2. The molecule has 1 aromatic carbocycles. The van der Waals surface area contributed by atoms with E-state index in [-0.39, 0.29) is 12.5 Å². The summed E-state index contributed by atoms with van der Waals surface area (Å²) in [6.45, 7) is 1.39. The fourth-order valence-corrected chi connectivity index (χ4v) is 3.34. The average molecular weight is 361 g/mol. The molecule has 2 N–H and O–H groups in total. The Bertz CT molecular complexity index is 759. The van der Waals surface area contributed by atoms with Crippen LogP contribution in [0.1, 0.15) is 12.8 Å². The third-order valence-electron chi connectivity index (χ3n) is 4.72. The Morgan fingerprint density at radius 1 is 1.12 bits per heavy atom. The van der Waals surface area contributed by atoms with Crippen molar-refractivity contribution in [2.75, 3.05) is 38.3 Å². The van der Waals surface area contributed by atoms with Crippen molar-refractivity contribution in [2.45, 2.75) is 18.4 Å². The SMILES string of the molecule is O=C(CN1C(=O)NC2(CCOCC2)C1=O)Nc1ccc2c(c1)OCCO2. The van der Waals surface area contributed by atoms with Crippen LogP contribution in [0.5, 0.6) is 11.5 Å². The predicted octanol–water partition coefficient (Wildman–Crippen LogP) is 0.497. The Kier molecular flexibility index (Phi) is 4.15. The molecule has 26 heavy (non-hydrogen) atoms. The zero-order valence-electron chi connectivity index (χ0n) is 14.1. The number of benzene rings is 1. The lowest BCUT2D eigenvalue weighted by atomic mass is 9.90. The van der Waals surface area contributed by atoms with E-state index in [0.29, 0.717) is 56.5 Å². The molecule has 3 aliphatic rings. The molecule has 1 spiro atoms. The Labute approximate surface area is 149 Å². The lowest BCUT2D eigenvalue weighted by Gasteiger charge is -2.30. The van der Waals surface area contributed by atoms with Gasteiger partial charge in [-0.2, -0.15) is 0 Å². The Morgan fingerprint density at radius 2 is 1.85 bits per heavy atom. The van der Waals surface area contributed by atoms with Crippen LogP contribution >= 0.6 is 0 Å². The standard InChI is InChI=1S/C17H19N3O6/c21-14(18-11-1-2-12-13(9-11)26-8-7-25-12)10-20-15(22)17(19-16(20)23)3-5-24-6-4-17/h1-2,9H,3-8,10H2,(H,18,21)(H,19,23). The van der Waals surface area contributed by atoms with E-state index in [4.69, 9.17) is 14.2 Å². The van der Waals surface area contributed by atoms with Crippen molar-refractivity contribution in [1.29, 1.82) is 0 Å². The number of rotatable bonds is 3. The maximum Gasteiger partial charge on any atom is 0.325 e. The zero-order valence-corrected chi connectivity index (χ0v) is 14.1. The molecule has 3 aliphatic heterocycles. The van der Waals surface area contributed by atoms with Gasteiger partial charge < -0.3 is 24.8 Å².